The topological polar surface area (TPSA) is 263 Å². The molecule has 17 nitrogen and oxygen atoms in total. The number of nitrogens with one attached hydrogen (secondary N) is 2. The lowest BCUT2D eigenvalue weighted by molar-refractivity contribution is -0.152. The molecule has 20 heteroatoms. The van der Waals surface area contributed by atoms with Crippen molar-refractivity contribution >= 4 is 69.4 Å². The molecule has 0 saturated carbocycles. The number of rotatable bonds is 11. The molecule has 3 amide bonds. The van der Waals surface area contributed by atoms with Gasteiger partial charge in [0.1, 0.15) is 34.2 Å². The molecule has 4 heterocycles. The molecule has 0 bridgehead atoms. The van der Waals surface area contributed by atoms with E-state index in [1.165, 1.54) is 72.9 Å². The number of fused-ring (bicyclic) bond motifs is 1. The third-order valence-electron chi connectivity index (χ3n) is 6.87. The molecule has 8 N–H and O–H groups in total. The molecule has 5 rings (SSSR count). The van der Waals surface area contributed by atoms with Gasteiger partial charge in [0.25, 0.3) is 17.7 Å². The smallest absolute Gasteiger partial charge is 0.352 e. The zero-order chi connectivity index (χ0) is 34.0. The Kier molecular flexibility index (Phi) is 9.56. The van der Waals surface area contributed by atoms with E-state index in [1.807, 2.05) is 0 Å². The maximum Gasteiger partial charge on any atom is 0.352 e. The zero-order valence-electron chi connectivity index (χ0n) is 24.4. The van der Waals surface area contributed by atoms with Crippen LogP contribution in [-0.2, 0) is 24.0 Å². The van der Waals surface area contributed by atoms with Crippen LogP contribution in [0.3, 0.4) is 0 Å². The van der Waals surface area contributed by atoms with Crippen LogP contribution < -0.4 is 16.5 Å². The number of carboxylic acids is 1. The zero-order valence-corrected chi connectivity index (χ0v) is 26.9. The number of aromatic hydroxyl groups is 2. The highest BCUT2D eigenvalue weighted by molar-refractivity contribution is 8.01. The monoisotopic (exact) mass is 702 g/mol. The second-order valence-electron chi connectivity index (χ2n) is 10.4. The predicted octanol–water partition coefficient (Wildman–Crippen LogP) is 1.13. The first-order valence-electron chi connectivity index (χ1n) is 13.4. The Hall–Kier alpha value is -4.92. The Balaban J connectivity index is 1.34. The molecule has 47 heavy (non-hydrogen) atoms. The molecule has 2 aliphatic heterocycles. The van der Waals surface area contributed by atoms with Gasteiger partial charge in [-0.3, -0.25) is 24.5 Å². The van der Waals surface area contributed by atoms with Crippen molar-refractivity contribution in [2.75, 3.05) is 17.2 Å². The third-order valence-corrected chi connectivity index (χ3v) is 9.98. The molecule has 0 radical (unpaired) electrons. The number of hydroxylamine groups is 1. The summed E-state index contributed by atoms with van der Waals surface area (Å²) >= 11 is 3.46. The molecule has 1 fully saturated rings. The number of phenolic OH excluding ortho intramolecular Hbond substituents is 2. The summed E-state index contributed by atoms with van der Waals surface area (Å²) in [6.45, 7) is 2.58. The van der Waals surface area contributed by atoms with Crippen molar-refractivity contribution in [3.8, 4) is 22.6 Å². The van der Waals surface area contributed by atoms with Gasteiger partial charge >= 0.3 is 5.97 Å². The number of amides is 3. The fourth-order valence-corrected chi connectivity index (χ4v) is 7.44. The lowest BCUT2D eigenvalue weighted by atomic mass is 10.0. The number of aliphatic carboxylic acids is 1. The maximum absolute atomic E-state index is 13.4. The number of phenols is 2. The van der Waals surface area contributed by atoms with Crippen LogP contribution >= 0.6 is 34.9 Å². The van der Waals surface area contributed by atoms with Gasteiger partial charge in [-0.05, 0) is 37.1 Å². The molecular weight excluding hydrogens is 677 g/mol. The first kappa shape index (κ1) is 33.4. The van der Waals surface area contributed by atoms with E-state index in [0.717, 1.165) is 16.2 Å². The minimum atomic E-state index is -1.70. The minimum absolute atomic E-state index is 0.00201. The number of hydrogen-bond acceptors (Lipinski definition) is 16. The normalized spacial score (nSPS) is 17.9. The molecule has 2 atom stereocenters. The Labute approximate surface area is 277 Å². The largest absolute Gasteiger partial charge is 0.504 e. The summed E-state index contributed by atoms with van der Waals surface area (Å²) in [5.74, 6) is -4.10. The Bertz CT molecular complexity index is 1830. The van der Waals surface area contributed by atoms with Gasteiger partial charge in [-0.2, -0.15) is 0 Å². The molecule has 246 valence electrons. The predicted molar refractivity (Wildman–Crippen MR) is 169 cm³/mol. The standard InChI is InChI=1S/C27H26N8O9S3/c1-27(2,25(42)33-43)44-34-17(14-9-47-26(28)31-14)20(38)32-18-22(39)35-19(24(40)41)12(8-46-23(18)35)7-45-21-13(6-29-10-30-21)11-3-4-15(36)16(37)5-11/h3-6,9-10,18,23,36-37,43H,7-8H2,1-2H3,(H2,28,31)(H,32,38)(H,33,42)(H,40,41)/b34-17-/t18-,23-/m1/s1. The Morgan fingerprint density at radius 2 is 2.02 bits per heavy atom. The summed E-state index contributed by atoms with van der Waals surface area (Å²) in [6, 6.07) is 3.13. The number of thioether (sulfide) groups is 2. The van der Waals surface area contributed by atoms with Gasteiger partial charge in [-0.15, -0.1) is 34.9 Å². The highest BCUT2D eigenvalue weighted by Gasteiger charge is 2.54. The van der Waals surface area contributed by atoms with Gasteiger partial charge in [0, 0.05) is 28.6 Å². The van der Waals surface area contributed by atoms with Crippen molar-refractivity contribution in [1.82, 2.24) is 30.6 Å². The van der Waals surface area contributed by atoms with Gasteiger partial charge < -0.3 is 31.2 Å². The lowest BCUT2D eigenvalue weighted by Gasteiger charge is -2.49. The van der Waals surface area contributed by atoms with E-state index < -0.39 is 46.4 Å². The van der Waals surface area contributed by atoms with E-state index in [2.05, 4.69) is 25.4 Å². The summed E-state index contributed by atoms with van der Waals surface area (Å²) in [4.78, 5) is 69.7. The van der Waals surface area contributed by atoms with Crippen LogP contribution in [0.15, 0.2) is 57.6 Å². The summed E-state index contributed by atoms with van der Waals surface area (Å²) in [6.07, 6.45) is 2.85. The van der Waals surface area contributed by atoms with Crippen molar-refractivity contribution in [3.05, 3.63) is 53.1 Å². The number of hydrogen-bond donors (Lipinski definition) is 7. The van der Waals surface area contributed by atoms with Crippen molar-refractivity contribution in [1.29, 1.82) is 0 Å². The minimum Gasteiger partial charge on any atom is -0.504 e. The molecule has 1 saturated heterocycles. The second kappa shape index (κ2) is 13.4. The number of nitrogens with two attached hydrogens (primary N) is 1. The van der Waals surface area contributed by atoms with Gasteiger partial charge in [-0.1, -0.05) is 11.2 Å². The van der Waals surface area contributed by atoms with Crippen LogP contribution in [0.25, 0.3) is 11.1 Å². The average Bonchev–Trinajstić information content (AvgIpc) is 3.48. The number of nitrogens with zero attached hydrogens (tertiary/aromatic N) is 5. The van der Waals surface area contributed by atoms with Gasteiger partial charge in [0.15, 0.2) is 22.3 Å². The van der Waals surface area contributed by atoms with Crippen molar-refractivity contribution < 1.29 is 44.5 Å². The number of β-lactam (4-membered cyclic amide) rings is 1. The van der Waals surface area contributed by atoms with Crippen molar-refractivity contribution in [2.24, 2.45) is 5.16 Å². The molecule has 1 aromatic carbocycles. The number of oxime groups is 1. The summed E-state index contributed by atoms with van der Waals surface area (Å²) in [5.41, 5.74) is 6.35. The van der Waals surface area contributed by atoms with Crippen molar-refractivity contribution in [3.63, 3.8) is 0 Å². The van der Waals surface area contributed by atoms with E-state index in [4.69, 9.17) is 15.8 Å². The Morgan fingerprint density at radius 1 is 1.26 bits per heavy atom. The van der Waals surface area contributed by atoms with E-state index >= 15 is 0 Å². The first-order chi connectivity index (χ1) is 22.3. The number of carbonyl (C=O) groups is 4. The third kappa shape index (κ3) is 6.80. The van der Waals surface area contributed by atoms with E-state index in [-0.39, 0.29) is 39.5 Å². The average molecular weight is 703 g/mol. The number of aromatic nitrogens is 3. The molecular formula is C27H26N8O9S3. The Morgan fingerprint density at radius 3 is 2.68 bits per heavy atom. The summed E-state index contributed by atoms with van der Waals surface area (Å²) in [5, 5.41) is 46.3. The first-order valence-corrected chi connectivity index (χ1v) is 16.3. The van der Waals surface area contributed by atoms with Crippen LogP contribution in [0.5, 0.6) is 11.5 Å². The number of carboxylic acid groups (broad SMARTS) is 1. The summed E-state index contributed by atoms with van der Waals surface area (Å²) in [7, 11) is 0. The number of anilines is 1. The fourth-order valence-electron chi connectivity index (χ4n) is 4.42. The van der Waals surface area contributed by atoms with Gasteiger partial charge in [0.05, 0.1) is 0 Å². The van der Waals surface area contributed by atoms with Crippen LogP contribution in [0, 0.1) is 0 Å². The highest BCUT2D eigenvalue weighted by atomic mass is 32.2. The quantitative estimate of drug-likeness (QED) is 0.0281. The number of benzene rings is 1. The number of carbonyl (C=O) groups excluding carboxylic acids is 3. The van der Waals surface area contributed by atoms with Gasteiger partial charge in [-0.25, -0.2) is 25.2 Å². The molecule has 0 aliphatic carbocycles. The van der Waals surface area contributed by atoms with Gasteiger partial charge in [0.2, 0.25) is 5.60 Å². The second-order valence-corrected chi connectivity index (χ2v) is 13.4. The summed E-state index contributed by atoms with van der Waals surface area (Å²) < 4.78 is 0. The van der Waals surface area contributed by atoms with E-state index in [1.54, 1.807) is 6.07 Å². The molecule has 2 aromatic heterocycles. The highest BCUT2D eigenvalue weighted by Crippen LogP contribution is 2.42. The van der Waals surface area contributed by atoms with E-state index in [0.29, 0.717) is 21.7 Å². The van der Waals surface area contributed by atoms with E-state index in [9.17, 15) is 34.5 Å². The fraction of sp³-hybridized carbons (Fsp3) is 0.259. The van der Waals surface area contributed by atoms with Crippen LogP contribution in [0.4, 0.5) is 5.13 Å². The maximum atomic E-state index is 13.4. The molecule has 0 unspecified atom stereocenters. The van der Waals surface area contributed by atoms with Crippen LogP contribution in [0.1, 0.15) is 19.5 Å². The van der Waals surface area contributed by atoms with Crippen LogP contribution in [-0.4, -0.2) is 98.3 Å². The number of nitrogen functional groups attached to an aromatic ring is 1. The number of thiazole rings is 1. The molecule has 0 spiro atoms. The van der Waals surface area contributed by atoms with Crippen LogP contribution in [0.2, 0.25) is 0 Å². The SMILES string of the molecule is CC(C)(O/N=C(\C(=O)N[C@@H]1C(=O)N2C(C(=O)O)=C(CSc3ncncc3-c3ccc(O)c(O)c3)CS[C@H]12)c1csc(N)n1)C(=O)NO. The molecule has 3 aromatic rings. The molecule has 2 aliphatic rings. The lowest BCUT2D eigenvalue weighted by Crippen LogP contribution is -2.71. The van der Waals surface area contributed by atoms with Crippen molar-refractivity contribution in [2.45, 2.75) is 35.9 Å².